The molecule has 5 heteroatoms. The Kier molecular flexibility index (Phi) is 2.34. The minimum atomic E-state index is -2.74. The molecule has 0 atom stereocenters. The highest BCUT2D eigenvalue weighted by molar-refractivity contribution is 5.85. The van der Waals surface area contributed by atoms with Crippen molar-refractivity contribution in [2.45, 2.75) is 6.37 Å². The number of aryl methyl sites for hydroxylation is 1. The molecule has 74 valence electrons. The molecule has 0 aliphatic rings. The first-order chi connectivity index (χ1) is 7.07. The molecule has 1 rings (SSSR count). The third-order valence-electron chi connectivity index (χ3n) is 1.30. The predicted octanol–water partition coefficient (Wildman–Crippen LogP) is 0.726. The van der Waals surface area contributed by atoms with E-state index in [9.17, 15) is 5.11 Å². The summed E-state index contributed by atoms with van der Waals surface area (Å²) in [7, 11) is 0. The Morgan fingerprint density at radius 1 is 1.15 bits per heavy atom. The highest BCUT2D eigenvalue weighted by Crippen LogP contribution is 2.31. The van der Waals surface area contributed by atoms with E-state index in [0.717, 1.165) is 6.07 Å². The Morgan fingerprint density at radius 2 is 1.69 bits per heavy atom. The molecular weight excluding hydrogens is 194 g/mol. The van der Waals surface area contributed by atoms with Crippen molar-refractivity contribution in [2.75, 3.05) is 6.50 Å². The van der Waals surface area contributed by atoms with Gasteiger partial charge < -0.3 is 21.1 Å². The van der Waals surface area contributed by atoms with Crippen molar-refractivity contribution < 1.29 is 20.8 Å². The van der Waals surface area contributed by atoms with Crippen LogP contribution >= 0.6 is 12.4 Å². The van der Waals surface area contributed by atoms with Crippen molar-refractivity contribution >= 4 is 12.4 Å². The van der Waals surface area contributed by atoms with E-state index in [1.54, 1.807) is 0 Å². The van der Waals surface area contributed by atoms with Crippen molar-refractivity contribution in [1.29, 1.82) is 0 Å². The van der Waals surface area contributed by atoms with Crippen molar-refractivity contribution in [3.63, 3.8) is 0 Å². The summed E-state index contributed by atoms with van der Waals surface area (Å²) < 4.78 is 29.1. The molecule has 0 bridgehead atoms. The van der Waals surface area contributed by atoms with Crippen LogP contribution in [0, 0.1) is 0 Å². The van der Waals surface area contributed by atoms with Gasteiger partial charge in [-0.3, -0.25) is 0 Å². The van der Waals surface area contributed by atoms with E-state index in [1.165, 1.54) is 0 Å². The lowest BCUT2D eigenvalue weighted by Crippen LogP contribution is -2.02. The maximum Gasteiger partial charge on any atom is 0.161 e. The van der Waals surface area contributed by atoms with Crippen molar-refractivity contribution in [1.82, 2.24) is 0 Å². The first-order valence-electron chi connectivity index (χ1n) is 5.11. The van der Waals surface area contributed by atoms with Gasteiger partial charge in [-0.1, -0.05) is 0 Å². The molecule has 0 aliphatic heterocycles. The monoisotopic (exact) mass is 209 g/mol. The summed E-state index contributed by atoms with van der Waals surface area (Å²) in [4.78, 5) is 0. The quantitative estimate of drug-likeness (QED) is 0.427. The first-order valence-corrected chi connectivity index (χ1v) is 3.11. The third-order valence-corrected chi connectivity index (χ3v) is 1.30. The molecule has 0 radical (unpaired) electrons. The molecule has 0 amide bonds. The molecular formula is C8H12ClNO3. The Bertz CT molecular complexity index is 422. The standard InChI is InChI=1S/C8H11NO3.ClH/c9-2-1-5-3-7(11)8(12)4-6(5)10;/h3-4,10-12H,1-2,9H2;1H/i1D2,2D2;. The highest BCUT2D eigenvalue weighted by atomic mass is 35.5. The summed E-state index contributed by atoms with van der Waals surface area (Å²) >= 11 is 0. The SMILES string of the molecule is Cl.[2H]C([2H])(N)C([2H])([2H])c1cc(O)c(O)cc1O. The zero-order valence-corrected chi connectivity index (χ0v) is 7.30. The molecule has 0 saturated heterocycles. The van der Waals surface area contributed by atoms with E-state index in [4.69, 9.17) is 21.4 Å². The minimum absolute atomic E-state index is 0. The molecule has 0 heterocycles. The zero-order chi connectivity index (χ0) is 12.7. The lowest BCUT2D eigenvalue weighted by atomic mass is 10.1. The Balaban J connectivity index is 0.00000256. The van der Waals surface area contributed by atoms with Crippen LogP contribution in [0.4, 0.5) is 0 Å². The number of aromatic hydroxyl groups is 3. The van der Waals surface area contributed by atoms with Gasteiger partial charge in [0.25, 0.3) is 0 Å². The number of phenolic OH excluding ortho intramolecular Hbond substituents is 3. The van der Waals surface area contributed by atoms with Gasteiger partial charge in [0.1, 0.15) is 5.75 Å². The van der Waals surface area contributed by atoms with Gasteiger partial charge in [-0.05, 0) is 24.5 Å². The topological polar surface area (TPSA) is 86.7 Å². The van der Waals surface area contributed by atoms with Crippen molar-refractivity contribution in [3.8, 4) is 17.2 Å². The van der Waals surface area contributed by atoms with Crippen LogP contribution in [0.1, 0.15) is 11.0 Å². The van der Waals surface area contributed by atoms with E-state index in [1.807, 2.05) is 0 Å². The maximum atomic E-state index is 9.38. The number of hydrogen-bond donors (Lipinski definition) is 4. The first kappa shape index (κ1) is 6.34. The maximum absolute atomic E-state index is 9.38. The number of nitrogens with two attached hydrogens (primary N) is 1. The number of benzene rings is 1. The molecule has 13 heavy (non-hydrogen) atoms. The average Bonchev–Trinajstić information content (AvgIpc) is 2.09. The van der Waals surface area contributed by atoms with E-state index >= 15 is 0 Å². The van der Waals surface area contributed by atoms with Crippen LogP contribution in [-0.4, -0.2) is 21.8 Å². The molecule has 1 aromatic rings. The van der Waals surface area contributed by atoms with Gasteiger partial charge in [-0.15, -0.1) is 12.4 Å². The smallest absolute Gasteiger partial charge is 0.161 e. The van der Waals surface area contributed by atoms with Crippen molar-refractivity contribution in [3.05, 3.63) is 17.7 Å². The summed E-state index contributed by atoms with van der Waals surface area (Å²) in [5, 5.41) is 27.6. The summed E-state index contributed by atoms with van der Waals surface area (Å²) in [5.74, 6) is -1.98. The zero-order valence-electron chi connectivity index (χ0n) is 10.5. The molecule has 1 aromatic carbocycles. The lowest BCUT2D eigenvalue weighted by Gasteiger charge is -2.04. The van der Waals surface area contributed by atoms with Crippen LogP contribution in [0.5, 0.6) is 17.2 Å². The fourth-order valence-electron chi connectivity index (χ4n) is 0.744. The molecule has 0 spiro atoms. The average molecular weight is 210 g/mol. The Hall–Kier alpha value is -1.13. The normalized spacial score (nSPS) is 16.1. The molecule has 0 unspecified atom stereocenters. The number of phenols is 3. The largest absolute Gasteiger partial charge is 0.508 e. The molecule has 4 nitrogen and oxygen atoms in total. The van der Waals surface area contributed by atoms with Gasteiger partial charge in [-0.2, -0.15) is 0 Å². The fraction of sp³-hybridized carbons (Fsp3) is 0.250. The van der Waals surface area contributed by atoms with E-state index < -0.39 is 35.7 Å². The predicted molar refractivity (Wildman–Crippen MR) is 51.4 cm³/mol. The van der Waals surface area contributed by atoms with Gasteiger partial charge in [0.15, 0.2) is 11.5 Å². The van der Waals surface area contributed by atoms with Crippen LogP contribution in [0.25, 0.3) is 0 Å². The van der Waals surface area contributed by atoms with E-state index in [2.05, 4.69) is 0 Å². The molecule has 0 fully saturated rings. The van der Waals surface area contributed by atoms with Gasteiger partial charge >= 0.3 is 0 Å². The van der Waals surface area contributed by atoms with E-state index in [-0.39, 0.29) is 12.4 Å². The summed E-state index contributed by atoms with van der Waals surface area (Å²) in [5.41, 5.74) is 4.47. The molecule has 5 N–H and O–H groups in total. The van der Waals surface area contributed by atoms with E-state index in [0.29, 0.717) is 6.07 Å². The van der Waals surface area contributed by atoms with Crippen molar-refractivity contribution in [2.24, 2.45) is 5.73 Å². The fourth-order valence-corrected chi connectivity index (χ4v) is 0.744. The van der Waals surface area contributed by atoms with Crippen LogP contribution in [0.15, 0.2) is 12.1 Å². The van der Waals surface area contributed by atoms with Gasteiger partial charge in [0, 0.05) is 11.5 Å². The second-order valence-corrected chi connectivity index (χ2v) is 2.13. The molecule has 0 aliphatic carbocycles. The number of hydrogen-bond acceptors (Lipinski definition) is 4. The van der Waals surface area contributed by atoms with Crippen LogP contribution in [0.3, 0.4) is 0 Å². The Labute approximate surface area is 87.7 Å². The number of halogens is 1. The van der Waals surface area contributed by atoms with Gasteiger partial charge in [0.2, 0.25) is 0 Å². The minimum Gasteiger partial charge on any atom is -0.508 e. The second-order valence-electron chi connectivity index (χ2n) is 2.13. The molecule has 0 aromatic heterocycles. The van der Waals surface area contributed by atoms with Crippen LogP contribution in [0.2, 0.25) is 0 Å². The molecule has 0 saturated carbocycles. The van der Waals surface area contributed by atoms with Crippen LogP contribution < -0.4 is 5.73 Å². The van der Waals surface area contributed by atoms with Gasteiger partial charge in [0.05, 0.1) is 0 Å². The van der Waals surface area contributed by atoms with Gasteiger partial charge in [-0.25, -0.2) is 0 Å². The Morgan fingerprint density at radius 3 is 2.23 bits per heavy atom. The second kappa shape index (κ2) is 4.79. The van der Waals surface area contributed by atoms with Crippen LogP contribution in [-0.2, 0) is 6.37 Å². The summed E-state index contributed by atoms with van der Waals surface area (Å²) in [6.45, 7) is -2.74. The third kappa shape index (κ3) is 2.68. The highest BCUT2D eigenvalue weighted by Gasteiger charge is 2.06. The number of rotatable bonds is 2. The summed E-state index contributed by atoms with van der Waals surface area (Å²) in [6, 6.07) is 1.45. The lowest BCUT2D eigenvalue weighted by molar-refractivity contribution is 0.394. The summed E-state index contributed by atoms with van der Waals surface area (Å²) in [6.07, 6.45) is -2.71.